The summed E-state index contributed by atoms with van der Waals surface area (Å²) in [6.07, 6.45) is 1.92. The van der Waals surface area contributed by atoms with Crippen LogP contribution in [0.3, 0.4) is 0 Å². The molecule has 7 nitrogen and oxygen atoms in total. The van der Waals surface area contributed by atoms with E-state index in [0.29, 0.717) is 26.2 Å². The molecule has 2 heterocycles. The second-order valence-corrected chi connectivity index (χ2v) is 8.73. The monoisotopic (exact) mass is 460 g/mol. The number of carbonyl (C=O) groups excluding carboxylic acids is 1. The van der Waals surface area contributed by atoms with E-state index in [1.807, 2.05) is 34.1 Å². The number of benzene rings is 1. The average Bonchev–Trinajstić information content (AvgIpc) is 3.27. The number of amides is 1. The highest BCUT2D eigenvalue weighted by molar-refractivity contribution is 7.10. The Labute approximate surface area is 193 Å². The molecule has 1 aromatic carbocycles. The summed E-state index contributed by atoms with van der Waals surface area (Å²) in [7, 11) is 3.18. The van der Waals surface area contributed by atoms with E-state index in [2.05, 4.69) is 18.0 Å². The van der Waals surface area contributed by atoms with E-state index >= 15 is 0 Å². The molecule has 0 saturated heterocycles. The van der Waals surface area contributed by atoms with Gasteiger partial charge in [0.2, 0.25) is 5.91 Å². The lowest BCUT2D eigenvalue weighted by atomic mass is 10.0. The van der Waals surface area contributed by atoms with E-state index in [-0.39, 0.29) is 25.1 Å². The average molecular weight is 461 g/mol. The molecule has 0 fully saturated rings. The van der Waals surface area contributed by atoms with E-state index < -0.39 is 6.10 Å². The van der Waals surface area contributed by atoms with Crippen LogP contribution in [0.25, 0.3) is 0 Å². The Morgan fingerprint density at radius 1 is 1.31 bits per heavy atom. The SMILES string of the molecule is C=CCN(CC(=O)N1CCc2sccc2[C@@H]1COc1ccc(OC)cc1)C[C@H](O)COC. The summed E-state index contributed by atoms with van der Waals surface area (Å²) < 4.78 is 16.3. The molecule has 0 bridgehead atoms. The number of fused-ring (bicyclic) bond motifs is 1. The van der Waals surface area contributed by atoms with E-state index in [4.69, 9.17) is 14.2 Å². The molecular formula is C24H32N2O5S. The summed E-state index contributed by atoms with van der Waals surface area (Å²) in [6.45, 7) is 6.07. The fourth-order valence-corrected chi connectivity index (χ4v) is 4.86. The van der Waals surface area contributed by atoms with Gasteiger partial charge < -0.3 is 24.2 Å². The van der Waals surface area contributed by atoms with Crippen molar-refractivity contribution in [3.05, 3.63) is 58.8 Å². The first kappa shape index (κ1) is 24.3. The van der Waals surface area contributed by atoms with Gasteiger partial charge in [0.1, 0.15) is 18.1 Å². The summed E-state index contributed by atoms with van der Waals surface area (Å²) in [5.74, 6) is 1.51. The standard InChI is InChI=1S/C24H32N2O5S/c1-4-11-25(14-18(27)16-29-2)15-24(28)26-12-9-23-21(10-13-32-23)22(26)17-31-20-7-5-19(30-3)6-8-20/h4-8,10,13,18,22,27H,1,9,11-12,14-17H2,2-3H3/t18-,22-/m0/s1. The van der Waals surface area contributed by atoms with Crippen LogP contribution in [-0.2, 0) is 16.0 Å². The van der Waals surface area contributed by atoms with Gasteiger partial charge in [-0.25, -0.2) is 0 Å². The Bertz CT molecular complexity index is 870. The van der Waals surface area contributed by atoms with Crippen molar-refractivity contribution in [2.45, 2.75) is 18.6 Å². The van der Waals surface area contributed by atoms with Gasteiger partial charge in [0.15, 0.2) is 0 Å². The highest BCUT2D eigenvalue weighted by atomic mass is 32.1. The van der Waals surface area contributed by atoms with Gasteiger partial charge in [-0.15, -0.1) is 17.9 Å². The molecule has 0 aliphatic carbocycles. The first-order valence-electron chi connectivity index (χ1n) is 10.7. The van der Waals surface area contributed by atoms with Gasteiger partial charge in [-0.1, -0.05) is 6.08 Å². The molecule has 0 spiro atoms. The number of aliphatic hydroxyl groups excluding tert-OH is 1. The molecule has 3 rings (SSSR count). The molecule has 0 unspecified atom stereocenters. The summed E-state index contributed by atoms with van der Waals surface area (Å²) in [5.41, 5.74) is 1.15. The van der Waals surface area contributed by atoms with Crippen LogP contribution in [0.15, 0.2) is 48.4 Å². The number of rotatable bonds is 12. The van der Waals surface area contributed by atoms with Crippen molar-refractivity contribution in [1.29, 1.82) is 0 Å². The smallest absolute Gasteiger partial charge is 0.237 e. The van der Waals surface area contributed by atoms with Gasteiger partial charge in [-0.2, -0.15) is 0 Å². The number of hydrogen-bond acceptors (Lipinski definition) is 7. The fourth-order valence-electron chi connectivity index (χ4n) is 3.93. The van der Waals surface area contributed by atoms with Gasteiger partial charge in [-0.05, 0) is 47.7 Å². The van der Waals surface area contributed by atoms with Gasteiger partial charge >= 0.3 is 0 Å². The lowest BCUT2D eigenvalue weighted by Gasteiger charge is -2.37. The van der Waals surface area contributed by atoms with Crippen molar-refractivity contribution in [1.82, 2.24) is 9.80 Å². The zero-order chi connectivity index (χ0) is 22.9. The second-order valence-electron chi connectivity index (χ2n) is 7.73. The molecule has 1 amide bonds. The maximum Gasteiger partial charge on any atom is 0.237 e. The third-order valence-corrected chi connectivity index (χ3v) is 6.45. The van der Waals surface area contributed by atoms with Crippen LogP contribution in [-0.4, -0.2) is 80.5 Å². The molecule has 174 valence electrons. The molecule has 0 saturated carbocycles. The highest BCUT2D eigenvalue weighted by Gasteiger charge is 2.33. The van der Waals surface area contributed by atoms with Gasteiger partial charge in [0, 0.05) is 31.6 Å². The first-order valence-corrected chi connectivity index (χ1v) is 11.6. The number of methoxy groups -OCH3 is 2. The predicted octanol–water partition coefficient (Wildman–Crippen LogP) is 2.76. The van der Waals surface area contributed by atoms with E-state index in [0.717, 1.165) is 23.5 Å². The van der Waals surface area contributed by atoms with Crippen LogP contribution >= 0.6 is 11.3 Å². The molecule has 1 aliphatic heterocycles. The van der Waals surface area contributed by atoms with Gasteiger partial charge in [0.25, 0.3) is 0 Å². The Morgan fingerprint density at radius 3 is 2.75 bits per heavy atom. The topological polar surface area (TPSA) is 71.5 Å². The largest absolute Gasteiger partial charge is 0.497 e. The van der Waals surface area contributed by atoms with Crippen LogP contribution in [0.4, 0.5) is 0 Å². The maximum absolute atomic E-state index is 13.3. The maximum atomic E-state index is 13.3. The summed E-state index contributed by atoms with van der Waals surface area (Å²) in [4.78, 5) is 18.4. The molecule has 2 aromatic rings. The molecule has 32 heavy (non-hydrogen) atoms. The molecule has 1 aromatic heterocycles. The minimum absolute atomic E-state index is 0.0108. The molecule has 8 heteroatoms. The van der Waals surface area contributed by atoms with Crippen molar-refractivity contribution < 1.29 is 24.1 Å². The van der Waals surface area contributed by atoms with Crippen molar-refractivity contribution in [3.63, 3.8) is 0 Å². The lowest BCUT2D eigenvalue weighted by molar-refractivity contribution is -0.136. The Balaban J connectivity index is 1.70. The molecule has 2 atom stereocenters. The van der Waals surface area contributed by atoms with Crippen LogP contribution in [0.2, 0.25) is 0 Å². The highest BCUT2D eigenvalue weighted by Crippen LogP contribution is 2.34. The Morgan fingerprint density at radius 2 is 2.06 bits per heavy atom. The van der Waals surface area contributed by atoms with Crippen molar-refractivity contribution in [2.24, 2.45) is 0 Å². The van der Waals surface area contributed by atoms with Crippen LogP contribution < -0.4 is 9.47 Å². The van der Waals surface area contributed by atoms with Crippen molar-refractivity contribution in [3.8, 4) is 11.5 Å². The van der Waals surface area contributed by atoms with Crippen molar-refractivity contribution in [2.75, 3.05) is 53.6 Å². The first-order chi connectivity index (χ1) is 15.5. The third kappa shape index (κ3) is 6.32. The van der Waals surface area contributed by atoms with Crippen LogP contribution in [0.5, 0.6) is 11.5 Å². The fraction of sp³-hybridized carbons (Fsp3) is 0.458. The molecule has 1 N–H and O–H groups in total. The number of ether oxygens (including phenoxy) is 3. The predicted molar refractivity (Wildman–Crippen MR) is 125 cm³/mol. The normalized spacial score (nSPS) is 16.5. The quantitative estimate of drug-likeness (QED) is 0.491. The number of aliphatic hydroxyl groups is 1. The second kappa shape index (κ2) is 12.0. The van der Waals surface area contributed by atoms with E-state index in [1.165, 1.54) is 4.88 Å². The number of carbonyl (C=O) groups is 1. The summed E-state index contributed by atoms with van der Waals surface area (Å²) in [6, 6.07) is 9.37. The zero-order valence-electron chi connectivity index (χ0n) is 18.7. The molecular weight excluding hydrogens is 428 g/mol. The zero-order valence-corrected chi connectivity index (χ0v) is 19.6. The third-order valence-electron chi connectivity index (χ3n) is 5.46. The van der Waals surface area contributed by atoms with Crippen LogP contribution in [0, 0.1) is 0 Å². The Hall–Kier alpha value is -2.39. The summed E-state index contributed by atoms with van der Waals surface area (Å²) >= 11 is 1.72. The summed E-state index contributed by atoms with van der Waals surface area (Å²) in [5, 5.41) is 12.2. The number of nitrogens with zero attached hydrogens (tertiary/aromatic N) is 2. The minimum Gasteiger partial charge on any atom is -0.497 e. The lowest BCUT2D eigenvalue weighted by Crippen LogP contribution is -2.48. The van der Waals surface area contributed by atoms with Gasteiger partial charge in [-0.3, -0.25) is 9.69 Å². The number of hydrogen-bond donors (Lipinski definition) is 1. The Kier molecular flexibility index (Phi) is 9.11. The molecule has 0 radical (unpaired) electrons. The van der Waals surface area contributed by atoms with Gasteiger partial charge in [0.05, 0.1) is 32.4 Å². The van der Waals surface area contributed by atoms with Crippen molar-refractivity contribution >= 4 is 17.2 Å². The van der Waals surface area contributed by atoms with E-state index in [1.54, 1.807) is 31.6 Å². The molecule has 1 aliphatic rings. The minimum atomic E-state index is -0.660. The van der Waals surface area contributed by atoms with Crippen LogP contribution in [0.1, 0.15) is 16.5 Å². The van der Waals surface area contributed by atoms with E-state index in [9.17, 15) is 9.90 Å². The number of thiophene rings is 1.